The molecule has 0 saturated heterocycles. The van der Waals surface area contributed by atoms with E-state index in [2.05, 4.69) is 10.3 Å². The second-order valence-corrected chi connectivity index (χ2v) is 9.19. The number of nitrogens with one attached hydrogen (secondary N) is 1. The zero-order chi connectivity index (χ0) is 25.4. The molecule has 4 aromatic rings. The number of rotatable bonds is 5. The molecule has 35 heavy (non-hydrogen) atoms. The number of hydrogen-bond donors (Lipinski definition) is 1. The van der Waals surface area contributed by atoms with Gasteiger partial charge in [-0.1, -0.05) is 45.0 Å². The molecule has 1 N–H and O–H groups in total. The van der Waals surface area contributed by atoms with Gasteiger partial charge in [-0.2, -0.15) is 18.3 Å². The van der Waals surface area contributed by atoms with Crippen LogP contribution in [0.2, 0.25) is 0 Å². The predicted octanol–water partition coefficient (Wildman–Crippen LogP) is 5.65. The first-order chi connectivity index (χ1) is 16.5. The van der Waals surface area contributed by atoms with Crippen molar-refractivity contribution in [3.63, 3.8) is 0 Å². The summed E-state index contributed by atoms with van der Waals surface area (Å²) in [6.07, 6.45) is -4.45. The average Bonchev–Trinajstić information content (AvgIpc) is 3.26. The molecule has 1 amide bonds. The topological polar surface area (TPSA) is 68.5 Å². The van der Waals surface area contributed by atoms with E-state index in [9.17, 15) is 18.0 Å². The summed E-state index contributed by atoms with van der Waals surface area (Å²) in [5, 5.41) is 7.39. The van der Waals surface area contributed by atoms with Gasteiger partial charge in [0.25, 0.3) is 5.91 Å². The molecule has 0 spiro atoms. The predicted molar refractivity (Wildman–Crippen MR) is 126 cm³/mol. The average molecular weight is 483 g/mol. The Morgan fingerprint density at radius 1 is 1.03 bits per heavy atom. The molecular weight excluding hydrogens is 457 g/mol. The number of carbonyl (C=O) groups is 1. The highest BCUT2D eigenvalue weighted by Gasteiger charge is 2.30. The molecule has 0 radical (unpaired) electrons. The third kappa shape index (κ3) is 5.29. The number of benzene rings is 2. The second-order valence-electron chi connectivity index (χ2n) is 9.19. The van der Waals surface area contributed by atoms with E-state index in [0.29, 0.717) is 22.7 Å². The van der Waals surface area contributed by atoms with E-state index in [4.69, 9.17) is 9.84 Å². The molecule has 0 aliphatic rings. The van der Waals surface area contributed by atoms with Crippen molar-refractivity contribution >= 4 is 11.6 Å². The molecule has 0 unspecified atom stereocenters. The monoisotopic (exact) mass is 482 g/mol. The van der Waals surface area contributed by atoms with Gasteiger partial charge < -0.3 is 10.1 Å². The lowest BCUT2D eigenvalue weighted by Gasteiger charge is -2.14. The smallest absolute Gasteiger partial charge is 0.416 e. The number of halogens is 3. The van der Waals surface area contributed by atoms with Crippen LogP contribution in [0.15, 0.2) is 60.7 Å². The summed E-state index contributed by atoms with van der Waals surface area (Å²) in [5.41, 5.74) is 2.14. The largest absolute Gasteiger partial charge is 0.497 e. The fraction of sp³-hybridized carbons (Fsp3) is 0.269. The molecule has 0 bridgehead atoms. The minimum absolute atomic E-state index is 0.0728. The van der Waals surface area contributed by atoms with Gasteiger partial charge in [-0.15, -0.1) is 0 Å². The zero-order valence-electron chi connectivity index (χ0n) is 19.8. The van der Waals surface area contributed by atoms with Gasteiger partial charge in [0.15, 0.2) is 5.65 Å². The summed E-state index contributed by atoms with van der Waals surface area (Å²) in [7, 11) is 1.57. The fourth-order valence-corrected chi connectivity index (χ4v) is 3.58. The number of amides is 1. The number of methoxy groups -OCH3 is 1. The molecule has 2 aromatic heterocycles. The molecule has 2 aromatic carbocycles. The minimum Gasteiger partial charge on any atom is -0.497 e. The van der Waals surface area contributed by atoms with Gasteiger partial charge in [-0.05, 0) is 35.9 Å². The normalized spacial score (nSPS) is 12.1. The Bertz CT molecular complexity index is 1390. The van der Waals surface area contributed by atoms with Crippen LogP contribution in [0.25, 0.3) is 16.9 Å². The molecule has 0 aliphatic heterocycles. The summed E-state index contributed by atoms with van der Waals surface area (Å²) in [4.78, 5) is 17.5. The number of fused-ring (bicyclic) bond motifs is 1. The van der Waals surface area contributed by atoms with Crippen LogP contribution in [0.3, 0.4) is 0 Å². The van der Waals surface area contributed by atoms with Gasteiger partial charge in [0.1, 0.15) is 11.4 Å². The van der Waals surface area contributed by atoms with Crippen molar-refractivity contribution in [3.05, 3.63) is 83.2 Å². The van der Waals surface area contributed by atoms with E-state index < -0.39 is 17.6 Å². The van der Waals surface area contributed by atoms with Crippen molar-refractivity contribution < 1.29 is 22.7 Å². The van der Waals surface area contributed by atoms with Gasteiger partial charge >= 0.3 is 6.18 Å². The molecule has 4 rings (SSSR count). The number of hydrogen-bond acceptors (Lipinski definition) is 4. The lowest BCUT2D eigenvalue weighted by atomic mass is 9.93. The third-order valence-electron chi connectivity index (χ3n) is 5.50. The fourth-order valence-electron chi connectivity index (χ4n) is 3.58. The van der Waals surface area contributed by atoms with Crippen LogP contribution in [0.1, 0.15) is 48.1 Å². The Morgan fingerprint density at radius 3 is 2.46 bits per heavy atom. The van der Waals surface area contributed by atoms with Crippen LogP contribution in [0, 0.1) is 0 Å². The maximum Gasteiger partial charge on any atom is 0.416 e. The van der Waals surface area contributed by atoms with Gasteiger partial charge in [0, 0.05) is 23.6 Å². The van der Waals surface area contributed by atoms with Crippen molar-refractivity contribution in [1.82, 2.24) is 19.9 Å². The van der Waals surface area contributed by atoms with Gasteiger partial charge in [-0.25, -0.2) is 9.50 Å². The zero-order valence-corrected chi connectivity index (χ0v) is 19.8. The molecule has 6 nitrogen and oxygen atoms in total. The van der Waals surface area contributed by atoms with E-state index in [1.54, 1.807) is 17.7 Å². The minimum atomic E-state index is -4.45. The SMILES string of the molecule is COc1cccc(-c2cc(C(=O)NCc3cccc(C(F)(F)F)c3)nc3cc(C(C)(C)C)nn23)c1. The van der Waals surface area contributed by atoms with Crippen LogP contribution in [-0.4, -0.2) is 27.6 Å². The van der Waals surface area contributed by atoms with E-state index in [-0.39, 0.29) is 17.7 Å². The lowest BCUT2D eigenvalue weighted by Crippen LogP contribution is -2.24. The van der Waals surface area contributed by atoms with Crippen LogP contribution in [0.5, 0.6) is 5.75 Å². The molecular formula is C26H25F3N4O2. The van der Waals surface area contributed by atoms with Gasteiger partial charge in [0.2, 0.25) is 0 Å². The first kappa shape index (κ1) is 24.3. The van der Waals surface area contributed by atoms with Crippen molar-refractivity contribution in [1.29, 1.82) is 0 Å². The number of carbonyl (C=O) groups excluding carboxylic acids is 1. The molecule has 9 heteroatoms. The number of aromatic nitrogens is 3. The van der Waals surface area contributed by atoms with Crippen LogP contribution in [0.4, 0.5) is 13.2 Å². The van der Waals surface area contributed by atoms with Crippen molar-refractivity contribution in [2.24, 2.45) is 0 Å². The van der Waals surface area contributed by atoms with E-state index in [1.165, 1.54) is 12.1 Å². The lowest BCUT2D eigenvalue weighted by molar-refractivity contribution is -0.137. The number of nitrogens with zero attached hydrogens (tertiary/aromatic N) is 3. The third-order valence-corrected chi connectivity index (χ3v) is 5.50. The summed E-state index contributed by atoms with van der Waals surface area (Å²) in [6.45, 7) is 6.02. The van der Waals surface area contributed by atoms with Crippen LogP contribution in [-0.2, 0) is 18.1 Å². The Kier molecular flexibility index (Phi) is 6.27. The Morgan fingerprint density at radius 2 is 1.77 bits per heavy atom. The van der Waals surface area contributed by atoms with Crippen LogP contribution < -0.4 is 10.1 Å². The van der Waals surface area contributed by atoms with E-state index in [1.807, 2.05) is 51.1 Å². The molecule has 0 atom stereocenters. The summed E-state index contributed by atoms with van der Waals surface area (Å²) in [5.74, 6) is 0.138. The van der Waals surface area contributed by atoms with Gasteiger partial charge in [0.05, 0.1) is 24.1 Å². The van der Waals surface area contributed by atoms with Crippen LogP contribution >= 0.6 is 0 Å². The Hall–Kier alpha value is -3.88. The highest BCUT2D eigenvalue weighted by Crippen LogP contribution is 2.30. The molecule has 0 saturated carbocycles. The van der Waals surface area contributed by atoms with E-state index >= 15 is 0 Å². The number of ether oxygens (including phenoxy) is 1. The van der Waals surface area contributed by atoms with Crippen molar-refractivity contribution in [2.45, 2.75) is 38.9 Å². The summed E-state index contributed by atoms with van der Waals surface area (Å²) < 4.78 is 46.1. The molecule has 2 heterocycles. The molecule has 182 valence electrons. The Labute approximate surface area is 200 Å². The van der Waals surface area contributed by atoms with Gasteiger partial charge in [-0.3, -0.25) is 4.79 Å². The van der Waals surface area contributed by atoms with Crippen molar-refractivity contribution in [3.8, 4) is 17.0 Å². The number of alkyl halides is 3. The maximum atomic E-state index is 13.0. The molecule has 0 fully saturated rings. The second kappa shape index (κ2) is 9.05. The first-order valence-electron chi connectivity index (χ1n) is 11.0. The summed E-state index contributed by atoms with van der Waals surface area (Å²) in [6, 6.07) is 15.7. The van der Waals surface area contributed by atoms with Crippen molar-refractivity contribution in [2.75, 3.05) is 7.11 Å². The maximum absolute atomic E-state index is 13.0. The van der Waals surface area contributed by atoms with E-state index in [0.717, 1.165) is 23.4 Å². The Balaban J connectivity index is 1.71. The standard InChI is InChI=1S/C26H25F3N4O2/c1-25(2,3)22-14-23-31-20(13-21(33(23)32-22)17-8-6-10-19(12-17)35-4)24(34)30-15-16-7-5-9-18(11-16)26(27,28)29/h5-14H,15H2,1-4H3,(H,30,34). The summed E-state index contributed by atoms with van der Waals surface area (Å²) >= 11 is 0. The first-order valence-corrected chi connectivity index (χ1v) is 11.0. The highest BCUT2D eigenvalue weighted by atomic mass is 19.4. The molecule has 0 aliphatic carbocycles. The highest BCUT2D eigenvalue weighted by molar-refractivity contribution is 5.94. The quantitative estimate of drug-likeness (QED) is 0.399.